The number of rotatable bonds is 10. The highest BCUT2D eigenvalue weighted by atomic mass is 35.5. The van der Waals surface area contributed by atoms with Gasteiger partial charge in [0.15, 0.2) is 0 Å². The number of hydrogen-bond donors (Lipinski definition) is 1. The Bertz CT molecular complexity index is 885. The topological polar surface area (TPSA) is 75.7 Å². The van der Waals surface area contributed by atoms with Crippen molar-refractivity contribution in [2.24, 2.45) is 0 Å². The highest BCUT2D eigenvalue weighted by Gasteiger charge is 2.28. The van der Waals surface area contributed by atoms with Crippen LogP contribution in [-0.2, 0) is 19.6 Å². The van der Waals surface area contributed by atoms with Gasteiger partial charge in [0.1, 0.15) is 6.54 Å². The lowest BCUT2D eigenvalue weighted by atomic mass is 10.2. The van der Waals surface area contributed by atoms with E-state index in [0.717, 1.165) is 9.87 Å². The second-order valence-corrected chi connectivity index (χ2v) is 8.45. The van der Waals surface area contributed by atoms with Gasteiger partial charge in [-0.25, -0.2) is 8.42 Å². The molecular formula is C20H25ClN2O4S. The fourth-order valence-corrected chi connectivity index (χ4v) is 4.22. The monoisotopic (exact) mass is 424 g/mol. The number of amides is 1. The van der Waals surface area contributed by atoms with Crippen molar-refractivity contribution in [3.8, 4) is 0 Å². The van der Waals surface area contributed by atoms with Gasteiger partial charge in [0.25, 0.3) is 10.0 Å². The van der Waals surface area contributed by atoms with Gasteiger partial charge < -0.3 is 10.1 Å². The average Bonchev–Trinajstić information content (AvgIpc) is 2.67. The summed E-state index contributed by atoms with van der Waals surface area (Å²) in [6, 6.07) is 12.9. The van der Waals surface area contributed by atoms with Crippen molar-refractivity contribution >= 4 is 33.2 Å². The number of nitrogens with one attached hydrogen (secondary N) is 1. The summed E-state index contributed by atoms with van der Waals surface area (Å²) < 4.78 is 32.8. The highest BCUT2D eigenvalue weighted by molar-refractivity contribution is 7.92. The molecule has 0 bridgehead atoms. The van der Waals surface area contributed by atoms with E-state index in [4.69, 9.17) is 16.3 Å². The smallest absolute Gasteiger partial charge is 0.264 e. The van der Waals surface area contributed by atoms with E-state index in [1.165, 1.54) is 24.3 Å². The van der Waals surface area contributed by atoms with Crippen LogP contribution in [0.2, 0.25) is 5.02 Å². The van der Waals surface area contributed by atoms with Crippen LogP contribution in [0.15, 0.2) is 53.4 Å². The molecule has 2 aromatic carbocycles. The minimum atomic E-state index is -3.94. The molecule has 8 heteroatoms. The van der Waals surface area contributed by atoms with Crippen LogP contribution in [0.3, 0.4) is 0 Å². The fourth-order valence-electron chi connectivity index (χ4n) is 2.61. The molecule has 0 aromatic heterocycles. The van der Waals surface area contributed by atoms with E-state index in [1.54, 1.807) is 25.1 Å². The normalized spacial score (nSPS) is 11.2. The summed E-state index contributed by atoms with van der Waals surface area (Å²) in [6.45, 7) is 4.97. The quantitative estimate of drug-likeness (QED) is 0.593. The Kier molecular flexibility index (Phi) is 8.29. The number of sulfonamides is 1. The van der Waals surface area contributed by atoms with Gasteiger partial charge in [0, 0.05) is 24.8 Å². The van der Waals surface area contributed by atoms with Crippen LogP contribution in [0.1, 0.15) is 18.9 Å². The van der Waals surface area contributed by atoms with Crippen molar-refractivity contribution in [2.75, 3.05) is 30.6 Å². The summed E-state index contributed by atoms with van der Waals surface area (Å²) in [4.78, 5) is 12.5. The first kappa shape index (κ1) is 22.2. The third kappa shape index (κ3) is 5.95. The molecule has 0 radical (unpaired) electrons. The first-order chi connectivity index (χ1) is 13.4. The molecule has 0 unspecified atom stereocenters. The molecule has 28 heavy (non-hydrogen) atoms. The highest BCUT2D eigenvalue weighted by Crippen LogP contribution is 2.27. The molecule has 0 aliphatic carbocycles. The SMILES string of the molecule is CCOCCCNC(=O)CN(c1ccccc1C)S(=O)(=O)c1ccc(Cl)cc1. The number of benzene rings is 2. The molecule has 1 amide bonds. The van der Waals surface area contributed by atoms with Crippen molar-refractivity contribution in [1.29, 1.82) is 0 Å². The van der Waals surface area contributed by atoms with E-state index in [-0.39, 0.29) is 17.3 Å². The standard InChI is InChI=1S/C20H25ClN2O4S/c1-3-27-14-6-13-22-20(24)15-23(19-8-5-4-7-16(19)2)28(25,26)18-11-9-17(21)10-12-18/h4-5,7-12H,3,6,13-15H2,1-2H3,(H,22,24). The third-order valence-electron chi connectivity index (χ3n) is 4.06. The van der Waals surface area contributed by atoms with E-state index in [9.17, 15) is 13.2 Å². The van der Waals surface area contributed by atoms with Crippen molar-refractivity contribution in [3.05, 3.63) is 59.1 Å². The Morgan fingerprint density at radius 1 is 1.14 bits per heavy atom. The number of nitrogens with zero attached hydrogens (tertiary/aromatic N) is 1. The van der Waals surface area contributed by atoms with Crippen molar-refractivity contribution in [2.45, 2.75) is 25.2 Å². The maximum Gasteiger partial charge on any atom is 0.264 e. The lowest BCUT2D eigenvalue weighted by Crippen LogP contribution is -2.41. The molecule has 6 nitrogen and oxygen atoms in total. The van der Waals surface area contributed by atoms with Crippen LogP contribution in [0.25, 0.3) is 0 Å². The van der Waals surface area contributed by atoms with Gasteiger partial charge in [0.05, 0.1) is 10.6 Å². The van der Waals surface area contributed by atoms with E-state index < -0.39 is 10.0 Å². The number of hydrogen-bond acceptors (Lipinski definition) is 4. The van der Waals surface area contributed by atoms with E-state index in [2.05, 4.69) is 5.32 Å². The van der Waals surface area contributed by atoms with Crippen LogP contribution >= 0.6 is 11.6 Å². The van der Waals surface area contributed by atoms with E-state index >= 15 is 0 Å². The average molecular weight is 425 g/mol. The van der Waals surface area contributed by atoms with Gasteiger partial charge in [0.2, 0.25) is 5.91 Å². The number of halogens is 1. The number of ether oxygens (including phenoxy) is 1. The largest absolute Gasteiger partial charge is 0.382 e. The predicted octanol–water partition coefficient (Wildman–Crippen LogP) is 3.39. The number of aryl methyl sites for hydroxylation is 1. The van der Waals surface area contributed by atoms with Gasteiger partial charge in [-0.1, -0.05) is 29.8 Å². The Morgan fingerprint density at radius 2 is 1.82 bits per heavy atom. The maximum absolute atomic E-state index is 13.2. The Balaban J connectivity index is 2.24. The van der Waals surface area contributed by atoms with Gasteiger partial charge >= 0.3 is 0 Å². The summed E-state index contributed by atoms with van der Waals surface area (Å²) in [5.74, 6) is -0.378. The third-order valence-corrected chi connectivity index (χ3v) is 6.09. The molecule has 0 saturated heterocycles. The van der Waals surface area contributed by atoms with Crippen LogP contribution < -0.4 is 9.62 Å². The van der Waals surface area contributed by atoms with Gasteiger partial charge in [-0.2, -0.15) is 0 Å². The Hall–Kier alpha value is -2.09. The summed E-state index contributed by atoms with van der Waals surface area (Å²) in [6.07, 6.45) is 0.661. The van der Waals surface area contributed by atoms with Crippen LogP contribution in [0.4, 0.5) is 5.69 Å². The summed E-state index contributed by atoms with van der Waals surface area (Å²) in [7, 11) is -3.94. The zero-order valence-electron chi connectivity index (χ0n) is 16.0. The lowest BCUT2D eigenvalue weighted by molar-refractivity contribution is -0.119. The molecule has 0 aliphatic heterocycles. The first-order valence-electron chi connectivity index (χ1n) is 9.04. The van der Waals surface area contributed by atoms with Crippen molar-refractivity contribution in [3.63, 3.8) is 0 Å². The summed E-state index contributed by atoms with van der Waals surface area (Å²) in [5.41, 5.74) is 1.21. The molecule has 0 aliphatic rings. The summed E-state index contributed by atoms with van der Waals surface area (Å²) >= 11 is 5.88. The van der Waals surface area contributed by atoms with Crippen LogP contribution in [0, 0.1) is 6.92 Å². The van der Waals surface area contributed by atoms with E-state index in [0.29, 0.717) is 36.9 Å². The molecule has 2 aromatic rings. The molecule has 2 rings (SSSR count). The first-order valence-corrected chi connectivity index (χ1v) is 10.9. The minimum absolute atomic E-state index is 0.0734. The Morgan fingerprint density at radius 3 is 2.46 bits per heavy atom. The number of para-hydroxylation sites is 1. The molecule has 0 atom stereocenters. The Labute approximate surface area is 171 Å². The van der Waals surface area contributed by atoms with Gasteiger partial charge in [-0.05, 0) is 56.2 Å². The molecule has 0 saturated carbocycles. The van der Waals surface area contributed by atoms with Gasteiger partial charge in [-0.15, -0.1) is 0 Å². The zero-order valence-corrected chi connectivity index (χ0v) is 17.6. The van der Waals surface area contributed by atoms with E-state index in [1.807, 2.05) is 13.0 Å². The second kappa shape index (κ2) is 10.5. The van der Waals surface area contributed by atoms with Crippen LogP contribution in [-0.4, -0.2) is 40.6 Å². The number of carbonyl (C=O) groups is 1. The molecule has 0 fully saturated rings. The minimum Gasteiger partial charge on any atom is -0.382 e. The van der Waals surface area contributed by atoms with Crippen LogP contribution in [0.5, 0.6) is 0 Å². The maximum atomic E-state index is 13.2. The van der Waals surface area contributed by atoms with Crippen molar-refractivity contribution < 1.29 is 17.9 Å². The molecule has 0 heterocycles. The molecule has 0 spiro atoms. The summed E-state index contributed by atoms with van der Waals surface area (Å²) in [5, 5.41) is 3.19. The molecular weight excluding hydrogens is 400 g/mol. The lowest BCUT2D eigenvalue weighted by Gasteiger charge is -2.25. The number of anilines is 1. The second-order valence-electron chi connectivity index (χ2n) is 6.15. The van der Waals surface area contributed by atoms with Gasteiger partial charge in [-0.3, -0.25) is 9.10 Å². The van der Waals surface area contributed by atoms with Crippen molar-refractivity contribution in [1.82, 2.24) is 5.32 Å². The molecule has 152 valence electrons. The zero-order chi connectivity index (χ0) is 20.6. The fraction of sp³-hybridized carbons (Fsp3) is 0.350. The number of carbonyl (C=O) groups excluding carboxylic acids is 1. The predicted molar refractivity (Wildman–Crippen MR) is 111 cm³/mol. The molecule has 1 N–H and O–H groups in total.